The highest BCUT2D eigenvalue weighted by Gasteiger charge is 2.00. The van der Waals surface area contributed by atoms with Crippen LogP contribution < -0.4 is 0 Å². The molecule has 0 bridgehead atoms. The molecule has 0 radical (unpaired) electrons. The van der Waals surface area contributed by atoms with Crippen molar-refractivity contribution in [3.05, 3.63) is 24.0 Å². The summed E-state index contributed by atoms with van der Waals surface area (Å²) in [6.45, 7) is 0. The SMILES string of the molecule is O=C=NC(=O)Cc1ccc[nH]1. The second kappa shape index (κ2) is 3.49. The maximum atomic E-state index is 10.7. The van der Waals surface area contributed by atoms with Crippen LogP contribution in [0.4, 0.5) is 0 Å². The summed E-state index contributed by atoms with van der Waals surface area (Å²) in [5.41, 5.74) is 0.744. The van der Waals surface area contributed by atoms with Gasteiger partial charge in [0.05, 0.1) is 6.42 Å². The van der Waals surface area contributed by atoms with Gasteiger partial charge in [-0.2, -0.15) is 0 Å². The first kappa shape index (κ1) is 7.44. The van der Waals surface area contributed by atoms with Gasteiger partial charge in [0, 0.05) is 11.9 Å². The van der Waals surface area contributed by atoms with Gasteiger partial charge in [-0.1, -0.05) is 0 Å². The number of aromatic amines is 1. The molecule has 56 valence electrons. The third kappa shape index (κ3) is 2.20. The minimum atomic E-state index is -0.484. The van der Waals surface area contributed by atoms with Crippen molar-refractivity contribution in [3.63, 3.8) is 0 Å². The Labute approximate surface area is 63.0 Å². The van der Waals surface area contributed by atoms with Gasteiger partial charge in [0.15, 0.2) is 0 Å². The van der Waals surface area contributed by atoms with E-state index in [2.05, 4.69) is 9.98 Å². The highest BCUT2D eigenvalue weighted by molar-refractivity contribution is 5.83. The van der Waals surface area contributed by atoms with Crippen LogP contribution in [0.3, 0.4) is 0 Å². The second-order valence-electron chi connectivity index (χ2n) is 1.97. The van der Waals surface area contributed by atoms with E-state index in [-0.39, 0.29) is 6.42 Å². The molecule has 1 aromatic rings. The van der Waals surface area contributed by atoms with Crippen molar-refractivity contribution in [1.29, 1.82) is 0 Å². The summed E-state index contributed by atoms with van der Waals surface area (Å²) in [4.78, 5) is 26.0. The number of carbonyl (C=O) groups is 1. The Bertz CT molecular complexity index is 283. The van der Waals surface area contributed by atoms with E-state index in [4.69, 9.17) is 0 Å². The van der Waals surface area contributed by atoms with Gasteiger partial charge in [-0.15, -0.1) is 4.99 Å². The molecular formula is C7H6N2O2. The van der Waals surface area contributed by atoms with Crippen LogP contribution in [-0.4, -0.2) is 17.0 Å². The van der Waals surface area contributed by atoms with Gasteiger partial charge in [-0.05, 0) is 12.1 Å². The van der Waals surface area contributed by atoms with Gasteiger partial charge in [0.1, 0.15) is 0 Å². The number of carbonyl (C=O) groups excluding carboxylic acids is 2. The minimum Gasteiger partial charge on any atom is -0.365 e. The van der Waals surface area contributed by atoms with Gasteiger partial charge in [-0.25, -0.2) is 4.79 Å². The van der Waals surface area contributed by atoms with Crippen molar-refractivity contribution >= 4 is 12.0 Å². The molecule has 0 aromatic carbocycles. The first-order valence-corrected chi connectivity index (χ1v) is 3.06. The summed E-state index contributed by atoms with van der Waals surface area (Å²) in [7, 11) is 0. The molecule has 0 aliphatic heterocycles. The van der Waals surface area contributed by atoms with Gasteiger partial charge in [0.2, 0.25) is 6.08 Å². The average molecular weight is 150 g/mol. The van der Waals surface area contributed by atoms with Crippen LogP contribution in [0.25, 0.3) is 0 Å². The molecule has 0 fully saturated rings. The molecule has 1 aromatic heterocycles. The predicted molar refractivity (Wildman–Crippen MR) is 37.6 cm³/mol. The van der Waals surface area contributed by atoms with Gasteiger partial charge in [0.25, 0.3) is 5.91 Å². The van der Waals surface area contributed by atoms with Gasteiger partial charge in [-0.3, -0.25) is 4.79 Å². The quantitative estimate of drug-likeness (QED) is 0.490. The van der Waals surface area contributed by atoms with E-state index in [1.54, 1.807) is 18.3 Å². The van der Waals surface area contributed by atoms with Crippen molar-refractivity contribution < 1.29 is 9.59 Å². The lowest BCUT2D eigenvalue weighted by Gasteiger charge is -1.87. The maximum Gasteiger partial charge on any atom is 0.262 e. The Hall–Kier alpha value is -1.67. The lowest BCUT2D eigenvalue weighted by molar-refractivity contribution is -0.117. The first-order valence-electron chi connectivity index (χ1n) is 3.06. The standard InChI is InChI=1S/C7H6N2O2/c10-5-9-7(11)4-6-2-1-3-8-6/h1-3,8H,4H2. The molecule has 1 heterocycles. The van der Waals surface area contributed by atoms with Gasteiger partial charge >= 0.3 is 0 Å². The normalized spacial score (nSPS) is 8.73. The fourth-order valence-corrected chi connectivity index (χ4v) is 0.731. The van der Waals surface area contributed by atoms with E-state index < -0.39 is 5.91 Å². The molecule has 0 unspecified atom stereocenters. The van der Waals surface area contributed by atoms with Crippen LogP contribution >= 0.6 is 0 Å². The molecule has 0 saturated heterocycles. The van der Waals surface area contributed by atoms with E-state index in [1.807, 2.05) is 0 Å². The Kier molecular flexibility index (Phi) is 2.36. The topological polar surface area (TPSA) is 62.3 Å². The van der Waals surface area contributed by atoms with Crippen LogP contribution in [0.5, 0.6) is 0 Å². The fourth-order valence-electron chi connectivity index (χ4n) is 0.731. The molecule has 0 saturated carbocycles. The summed E-state index contributed by atoms with van der Waals surface area (Å²) in [6, 6.07) is 3.52. The smallest absolute Gasteiger partial charge is 0.262 e. The number of nitrogens with one attached hydrogen (secondary N) is 1. The Morgan fingerprint density at radius 1 is 1.73 bits per heavy atom. The summed E-state index contributed by atoms with van der Waals surface area (Å²) in [5.74, 6) is -0.484. The number of hydrogen-bond acceptors (Lipinski definition) is 2. The zero-order valence-electron chi connectivity index (χ0n) is 5.70. The summed E-state index contributed by atoms with van der Waals surface area (Å²) in [6.07, 6.45) is 3.02. The average Bonchev–Trinajstić information content (AvgIpc) is 2.40. The highest BCUT2D eigenvalue weighted by Crippen LogP contribution is 1.95. The molecule has 11 heavy (non-hydrogen) atoms. The summed E-state index contributed by atoms with van der Waals surface area (Å²) in [5, 5.41) is 0. The highest BCUT2D eigenvalue weighted by atomic mass is 16.2. The first-order chi connectivity index (χ1) is 5.33. The number of rotatable bonds is 2. The molecule has 1 rings (SSSR count). The Balaban J connectivity index is 2.57. The summed E-state index contributed by atoms with van der Waals surface area (Å²) < 4.78 is 0. The van der Waals surface area contributed by atoms with Crippen molar-refractivity contribution in [2.45, 2.75) is 6.42 Å². The molecule has 4 nitrogen and oxygen atoms in total. The Morgan fingerprint density at radius 3 is 3.09 bits per heavy atom. The second-order valence-corrected chi connectivity index (χ2v) is 1.97. The summed E-state index contributed by atoms with van der Waals surface area (Å²) >= 11 is 0. The molecule has 1 N–H and O–H groups in total. The third-order valence-corrected chi connectivity index (χ3v) is 1.17. The lowest BCUT2D eigenvalue weighted by Crippen LogP contribution is -1.97. The third-order valence-electron chi connectivity index (χ3n) is 1.17. The molecule has 4 heteroatoms. The van der Waals surface area contributed by atoms with E-state index in [0.29, 0.717) is 0 Å². The predicted octanol–water partition coefficient (Wildman–Crippen LogP) is 0.420. The van der Waals surface area contributed by atoms with Gasteiger partial charge < -0.3 is 4.98 Å². The number of aromatic nitrogens is 1. The number of amides is 1. The van der Waals surface area contributed by atoms with E-state index in [9.17, 15) is 9.59 Å². The van der Waals surface area contributed by atoms with Crippen LogP contribution in [-0.2, 0) is 16.0 Å². The fraction of sp³-hybridized carbons (Fsp3) is 0.143. The number of nitrogens with zero attached hydrogens (tertiary/aromatic N) is 1. The monoisotopic (exact) mass is 150 g/mol. The van der Waals surface area contributed by atoms with Crippen molar-refractivity contribution in [2.24, 2.45) is 4.99 Å². The van der Waals surface area contributed by atoms with E-state index in [0.717, 1.165) is 5.69 Å². The van der Waals surface area contributed by atoms with E-state index >= 15 is 0 Å². The number of isocyanates is 1. The number of aliphatic imine (C=N–C) groups is 1. The minimum absolute atomic E-state index is 0.127. The van der Waals surface area contributed by atoms with Crippen LogP contribution in [0.1, 0.15) is 5.69 Å². The molecule has 0 aliphatic carbocycles. The lowest BCUT2D eigenvalue weighted by atomic mass is 10.3. The maximum absolute atomic E-state index is 10.7. The zero-order valence-corrected chi connectivity index (χ0v) is 5.70. The van der Waals surface area contributed by atoms with Crippen LogP contribution in [0, 0.1) is 0 Å². The number of H-pyrrole nitrogens is 1. The molecule has 1 amide bonds. The van der Waals surface area contributed by atoms with Crippen molar-refractivity contribution in [3.8, 4) is 0 Å². The molecular weight excluding hydrogens is 144 g/mol. The van der Waals surface area contributed by atoms with E-state index in [1.165, 1.54) is 6.08 Å². The van der Waals surface area contributed by atoms with Crippen molar-refractivity contribution in [1.82, 2.24) is 4.98 Å². The number of hydrogen-bond donors (Lipinski definition) is 1. The largest absolute Gasteiger partial charge is 0.365 e. The van der Waals surface area contributed by atoms with Crippen LogP contribution in [0.2, 0.25) is 0 Å². The zero-order chi connectivity index (χ0) is 8.10. The van der Waals surface area contributed by atoms with Crippen molar-refractivity contribution in [2.75, 3.05) is 0 Å². The van der Waals surface area contributed by atoms with Crippen LogP contribution in [0.15, 0.2) is 23.3 Å². The molecule has 0 spiro atoms. The molecule has 0 atom stereocenters. The Morgan fingerprint density at radius 2 is 2.55 bits per heavy atom. The molecule has 0 aliphatic rings.